The number of aliphatic hydroxyl groups is 2. The average Bonchev–Trinajstić information content (AvgIpc) is 3.51. The summed E-state index contributed by atoms with van der Waals surface area (Å²) in [6, 6.07) is 0.0954. The van der Waals surface area contributed by atoms with Crippen LogP contribution in [0.1, 0.15) is 63.9 Å². The highest BCUT2D eigenvalue weighted by Gasteiger charge is 2.48. The Kier molecular flexibility index (Phi) is 7.28. The summed E-state index contributed by atoms with van der Waals surface area (Å²) in [5.74, 6) is 6.64. The van der Waals surface area contributed by atoms with Crippen molar-refractivity contribution in [1.29, 1.82) is 0 Å². The minimum atomic E-state index is -1.40. The van der Waals surface area contributed by atoms with Crippen LogP contribution >= 0.6 is 0 Å². The zero-order valence-corrected chi connectivity index (χ0v) is 20.7. The number of nitrogen functional groups attached to an aromatic ring is 1. The highest BCUT2D eigenvalue weighted by molar-refractivity contribution is 5.83. The first kappa shape index (κ1) is 25.4. The molecule has 1 amide bonds. The molecule has 3 heterocycles. The summed E-state index contributed by atoms with van der Waals surface area (Å²) in [5.41, 5.74) is 6.71. The van der Waals surface area contributed by atoms with Gasteiger partial charge in [-0.3, -0.25) is 14.2 Å². The minimum Gasteiger partial charge on any atom is -0.466 e. The van der Waals surface area contributed by atoms with Crippen LogP contribution in [0, 0.1) is 23.7 Å². The molecular weight excluding hydrogens is 480 g/mol. The molecule has 2 aromatic heterocycles. The number of carbonyl (C=O) groups is 2. The first-order chi connectivity index (χ1) is 17.8. The second-order valence-electron chi connectivity index (χ2n) is 10.2. The van der Waals surface area contributed by atoms with E-state index in [2.05, 4.69) is 32.1 Å². The summed E-state index contributed by atoms with van der Waals surface area (Å²) in [4.78, 5) is 36.4. The van der Waals surface area contributed by atoms with Crippen molar-refractivity contribution in [1.82, 2.24) is 24.8 Å². The number of rotatable bonds is 6. The number of aromatic nitrogens is 4. The lowest BCUT2D eigenvalue weighted by Gasteiger charge is -2.26. The number of nitrogens with zero attached hydrogens (tertiary/aromatic N) is 4. The quantitative estimate of drug-likeness (QED) is 0.313. The predicted octanol–water partition coefficient (Wildman–Crippen LogP) is 0.417. The number of hydrogen-bond donors (Lipinski definition) is 4. The van der Waals surface area contributed by atoms with Gasteiger partial charge in [0.15, 0.2) is 23.8 Å². The summed E-state index contributed by atoms with van der Waals surface area (Å²) in [6.45, 7) is 1.91. The molecule has 5 rings (SSSR count). The Bertz CT molecular complexity index is 1230. The van der Waals surface area contributed by atoms with Gasteiger partial charge in [0.25, 0.3) is 5.91 Å². The van der Waals surface area contributed by atoms with Crippen LogP contribution in [-0.4, -0.2) is 72.6 Å². The van der Waals surface area contributed by atoms with Crippen molar-refractivity contribution in [2.45, 2.75) is 82.5 Å². The molecule has 0 radical (unpaired) electrons. The molecule has 1 aliphatic heterocycles. The van der Waals surface area contributed by atoms with Gasteiger partial charge in [0.1, 0.15) is 17.7 Å². The maximum atomic E-state index is 12.4. The van der Waals surface area contributed by atoms with Crippen molar-refractivity contribution in [3.05, 3.63) is 12.2 Å². The number of imidazole rings is 1. The minimum absolute atomic E-state index is 0.0954. The predicted molar refractivity (Wildman–Crippen MR) is 130 cm³/mol. The van der Waals surface area contributed by atoms with Gasteiger partial charge in [-0.25, -0.2) is 15.0 Å². The third kappa shape index (κ3) is 5.69. The van der Waals surface area contributed by atoms with E-state index in [1.165, 1.54) is 17.8 Å². The van der Waals surface area contributed by atoms with E-state index in [1.54, 1.807) is 0 Å². The van der Waals surface area contributed by atoms with Crippen LogP contribution in [0.25, 0.3) is 11.2 Å². The number of nitrogens with one attached hydrogen (secondary N) is 1. The van der Waals surface area contributed by atoms with E-state index in [0.717, 1.165) is 38.5 Å². The van der Waals surface area contributed by atoms with E-state index < -0.39 is 30.4 Å². The lowest BCUT2D eigenvalue weighted by molar-refractivity contribution is -0.142. The molecule has 37 heavy (non-hydrogen) atoms. The lowest BCUT2D eigenvalue weighted by Crippen LogP contribution is -2.43. The third-order valence-corrected chi connectivity index (χ3v) is 7.22. The average molecular weight is 513 g/mol. The second kappa shape index (κ2) is 10.6. The maximum Gasteiger partial charge on any atom is 0.302 e. The molecular formula is C25H32N6O6. The monoisotopic (exact) mass is 512 g/mol. The van der Waals surface area contributed by atoms with Crippen LogP contribution < -0.4 is 11.1 Å². The number of amides is 1. The molecule has 0 bridgehead atoms. The van der Waals surface area contributed by atoms with E-state index in [9.17, 15) is 19.8 Å². The molecule has 1 unspecified atom stereocenters. The van der Waals surface area contributed by atoms with E-state index in [-0.39, 0.29) is 23.7 Å². The Morgan fingerprint density at radius 1 is 1.16 bits per heavy atom. The van der Waals surface area contributed by atoms with Gasteiger partial charge in [-0.05, 0) is 56.3 Å². The zero-order valence-electron chi connectivity index (χ0n) is 20.7. The van der Waals surface area contributed by atoms with Crippen molar-refractivity contribution < 1.29 is 29.3 Å². The summed E-state index contributed by atoms with van der Waals surface area (Å²) < 4.78 is 12.3. The Hall–Kier alpha value is -3.27. The number of fused-ring (bicyclic) bond motifs is 1. The van der Waals surface area contributed by atoms with E-state index in [4.69, 9.17) is 15.2 Å². The Balaban J connectivity index is 1.26. The normalized spacial score (nSPS) is 29.5. The first-order valence-corrected chi connectivity index (χ1v) is 12.7. The lowest BCUT2D eigenvalue weighted by atomic mass is 9.81. The SMILES string of the molecule is CC(=O)OCC1CCC(CC#Cc2nc(N)c3ncn(C4O[C@H](C(=O)NC5CC5)[C@H](O)[C@@H]4O)c3n2)CC1. The maximum absolute atomic E-state index is 12.4. The van der Waals surface area contributed by atoms with Crippen LogP contribution in [0.2, 0.25) is 0 Å². The van der Waals surface area contributed by atoms with Crippen molar-refractivity contribution in [2.24, 2.45) is 11.8 Å². The van der Waals surface area contributed by atoms with E-state index >= 15 is 0 Å². The van der Waals surface area contributed by atoms with Crippen molar-refractivity contribution in [3.63, 3.8) is 0 Å². The van der Waals surface area contributed by atoms with Crippen LogP contribution in [-0.2, 0) is 19.1 Å². The molecule has 0 aromatic carbocycles. The van der Waals surface area contributed by atoms with Crippen LogP contribution in [0.5, 0.6) is 0 Å². The molecule has 1 saturated heterocycles. The van der Waals surface area contributed by atoms with E-state index in [1.807, 2.05) is 0 Å². The first-order valence-electron chi connectivity index (χ1n) is 12.7. The van der Waals surface area contributed by atoms with Gasteiger partial charge in [-0.1, -0.05) is 5.92 Å². The number of carbonyl (C=O) groups excluding carboxylic acids is 2. The molecule has 2 saturated carbocycles. The van der Waals surface area contributed by atoms with Crippen LogP contribution in [0.3, 0.4) is 0 Å². The Morgan fingerprint density at radius 2 is 1.89 bits per heavy atom. The van der Waals surface area contributed by atoms with Gasteiger partial charge in [0.2, 0.25) is 5.82 Å². The van der Waals surface area contributed by atoms with Gasteiger partial charge in [0, 0.05) is 19.4 Å². The molecule has 198 valence electrons. The number of nitrogens with two attached hydrogens (primary N) is 1. The summed E-state index contributed by atoms with van der Waals surface area (Å²) in [6.07, 6.45) is 2.86. The fourth-order valence-corrected chi connectivity index (χ4v) is 4.91. The third-order valence-electron chi connectivity index (χ3n) is 7.22. The second-order valence-corrected chi connectivity index (χ2v) is 10.2. The van der Waals surface area contributed by atoms with Gasteiger partial charge < -0.3 is 30.7 Å². The van der Waals surface area contributed by atoms with Crippen molar-refractivity contribution in [2.75, 3.05) is 12.3 Å². The molecule has 4 atom stereocenters. The number of anilines is 1. The fourth-order valence-electron chi connectivity index (χ4n) is 4.91. The topological polar surface area (TPSA) is 175 Å². The molecule has 2 aromatic rings. The summed E-state index contributed by atoms with van der Waals surface area (Å²) in [5, 5.41) is 23.9. The van der Waals surface area contributed by atoms with Crippen LogP contribution in [0.15, 0.2) is 6.33 Å². The van der Waals surface area contributed by atoms with Gasteiger partial charge in [-0.15, -0.1) is 0 Å². The summed E-state index contributed by atoms with van der Waals surface area (Å²) >= 11 is 0. The molecule has 12 heteroatoms. The Labute approximate surface area is 214 Å². The van der Waals surface area contributed by atoms with Gasteiger partial charge >= 0.3 is 5.97 Å². The molecule has 2 aliphatic carbocycles. The number of aliphatic hydroxyl groups excluding tert-OH is 2. The standard InChI is InChI=1S/C25H32N6O6/c1-13(32)36-11-15-7-5-14(6-8-15)3-2-4-17-29-22(26)18-23(30-17)31(12-27-18)25-20(34)19(33)21(37-25)24(35)28-16-9-10-16/h12,14-16,19-21,25,33-34H,3,5-11H2,1H3,(H,28,35)(H2,26,29,30)/t14?,15?,19-,20+,21+,25?/m1/s1. The van der Waals surface area contributed by atoms with E-state index in [0.29, 0.717) is 36.0 Å². The van der Waals surface area contributed by atoms with Crippen molar-refractivity contribution >= 4 is 28.9 Å². The van der Waals surface area contributed by atoms with Gasteiger partial charge in [-0.2, -0.15) is 0 Å². The fraction of sp³-hybridized carbons (Fsp3) is 0.640. The van der Waals surface area contributed by atoms with Gasteiger partial charge in [0.05, 0.1) is 12.9 Å². The number of hydrogen-bond acceptors (Lipinski definition) is 10. The number of esters is 1. The van der Waals surface area contributed by atoms with Crippen LogP contribution in [0.4, 0.5) is 5.82 Å². The number of ether oxygens (including phenoxy) is 2. The highest BCUT2D eigenvalue weighted by Crippen LogP contribution is 2.33. The molecule has 3 aliphatic rings. The molecule has 0 spiro atoms. The molecule has 3 fully saturated rings. The summed E-state index contributed by atoms with van der Waals surface area (Å²) in [7, 11) is 0. The van der Waals surface area contributed by atoms with Crippen molar-refractivity contribution in [3.8, 4) is 11.8 Å². The highest BCUT2D eigenvalue weighted by atomic mass is 16.6. The largest absolute Gasteiger partial charge is 0.466 e. The molecule has 12 nitrogen and oxygen atoms in total. The Morgan fingerprint density at radius 3 is 2.59 bits per heavy atom. The molecule has 5 N–H and O–H groups in total. The smallest absolute Gasteiger partial charge is 0.302 e. The zero-order chi connectivity index (χ0) is 26.1.